The number of piperazine rings is 1. The number of benzene rings is 1. The van der Waals surface area contributed by atoms with E-state index in [1.165, 1.54) is 67.9 Å². The molecular formula is C38H49N5S. The smallest absolute Gasteiger partial charge is 0.101 e. The number of H-pyrrole nitrogens is 1. The van der Waals surface area contributed by atoms with Crippen LogP contribution in [0.3, 0.4) is 0 Å². The van der Waals surface area contributed by atoms with Crippen molar-refractivity contribution in [3.8, 4) is 11.3 Å². The molecule has 1 saturated carbocycles. The zero-order valence-electron chi connectivity index (χ0n) is 27.3. The number of aryl methyl sites for hydroxylation is 2. The van der Waals surface area contributed by atoms with Gasteiger partial charge in [-0.2, -0.15) is 0 Å². The summed E-state index contributed by atoms with van der Waals surface area (Å²) >= 11 is 1.91. The third-order valence-electron chi connectivity index (χ3n) is 9.69. The van der Waals surface area contributed by atoms with Crippen LogP contribution in [0.15, 0.2) is 84.5 Å². The third kappa shape index (κ3) is 6.53. The van der Waals surface area contributed by atoms with Gasteiger partial charge < -0.3 is 15.6 Å². The van der Waals surface area contributed by atoms with Gasteiger partial charge in [-0.15, -0.1) is 11.3 Å². The lowest BCUT2D eigenvalue weighted by atomic mass is 9.82. The molecule has 2 aliphatic heterocycles. The Bertz CT molecular complexity index is 1650. The number of nitrogens with zero attached hydrogens (tertiary/aromatic N) is 2. The van der Waals surface area contributed by atoms with E-state index in [-0.39, 0.29) is 5.41 Å². The standard InChI is InChI=1S/C38H49N5S/c1-24-9-10-30(16-24)19-27(4)38(7,8)35-21-33-34(36(41-37(33)44-35)31-17-25(2)15-26(3)18-31)23-43-13-11-42(12-14-43)22-32-20-28(5)39-29(6)40-32/h15,17-21,24,39-41H,4-6,9-14,16,22-23H2,1-3,7-8H3/b30-19-. The normalized spacial score (nSPS) is 21.2. The quantitative estimate of drug-likeness (QED) is 0.241. The Labute approximate surface area is 268 Å². The molecule has 6 heteroatoms. The van der Waals surface area contributed by atoms with E-state index in [4.69, 9.17) is 0 Å². The Morgan fingerprint density at radius 1 is 1.00 bits per heavy atom. The minimum atomic E-state index is -0.111. The summed E-state index contributed by atoms with van der Waals surface area (Å²) in [6.45, 7) is 30.1. The molecule has 0 spiro atoms. The zero-order valence-corrected chi connectivity index (χ0v) is 28.1. The number of hydrogen-bond acceptors (Lipinski definition) is 5. The minimum Gasteiger partial charge on any atom is -0.346 e. The SMILES string of the molecule is C=C1C=C(CN2CCN(Cc3c(-c4cc(C)cc(C)c4)[nH]c4sc(C(C)(C)C(=C)/C=C5/CCC(C)C5)cc34)CC2)NC(=C)N1. The predicted octanol–water partition coefficient (Wildman–Crippen LogP) is 8.27. The number of nitrogens with one attached hydrogen (secondary N) is 3. The fourth-order valence-corrected chi connectivity index (χ4v) is 8.25. The lowest BCUT2D eigenvalue weighted by Crippen LogP contribution is -2.47. The van der Waals surface area contributed by atoms with E-state index in [2.05, 4.69) is 116 Å². The number of rotatable bonds is 8. The molecule has 1 atom stereocenters. The molecule has 3 aliphatic rings. The van der Waals surface area contributed by atoms with Crippen molar-refractivity contribution in [2.24, 2.45) is 5.92 Å². The molecule has 1 saturated heterocycles. The molecular weight excluding hydrogens is 559 g/mol. The Kier molecular flexibility index (Phi) is 8.53. The summed E-state index contributed by atoms with van der Waals surface area (Å²) in [7, 11) is 0. The highest BCUT2D eigenvalue weighted by atomic mass is 32.1. The maximum absolute atomic E-state index is 4.59. The fraction of sp³-hybridized carbons (Fsp3) is 0.421. The van der Waals surface area contributed by atoms with Crippen molar-refractivity contribution in [2.45, 2.75) is 65.8 Å². The number of aromatic amines is 1. The van der Waals surface area contributed by atoms with Crippen LogP contribution in [0, 0.1) is 19.8 Å². The maximum atomic E-state index is 4.59. The minimum absolute atomic E-state index is 0.111. The zero-order chi connectivity index (χ0) is 31.2. The number of hydrogen-bond donors (Lipinski definition) is 3. The molecule has 232 valence electrons. The molecule has 3 N–H and O–H groups in total. The topological polar surface area (TPSA) is 46.3 Å². The Morgan fingerprint density at radius 2 is 1.68 bits per heavy atom. The molecule has 4 heterocycles. The van der Waals surface area contributed by atoms with Gasteiger partial charge in [0, 0.05) is 71.9 Å². The van der Waals surface area contributed by atoms with E-state index in [1.54, 1.807) is 5.57 Å². The Morgan fingerprint density at radius 3 is 2.32 bits per heavy atom. The van der Waals surface area contributed by atoms with Gasteiger partial charge >= 0.3 is 0 Å². The number of allylic oxidation sites excluding steroid dienone is 4. The van der Waals surface area contributed by atoms with Crippen LogP contribution >= 0.6 is 11.3 Å². The fourth-order valence-electron chi connectivity index (χ4n) is 7.03. The van der Waals surface area contributed by atoms with Gasteiger partial charge in [-0.3, -0.25) is 9.80 Å². The lowest BCUT2D eigenvalue weighted by Gasteiger charge is -2.36. The van der Waals surface area contributed by atoms with Crippen molar-refractivity contribution in [3.63, 3.8) is 0 Å². The lowest BCUT2D eigenvalue weighted by molar-refractivity contribution is 0.134. The van der Waals surface area contributed by atoms with Crippen LogP contribution in [0.4, 0.5) is 0 Å². The van der Waals surface area contributed by atoms with Crippen molar-refractivity contribution in [2.75, 3.05) is 32.7 Å². The van der Waals surface area contributed by atoms with E-state index in [1.807, 2.05) is 11.3 Å². The largest absolute Gasteiger partial charge is 0.346 e. The first-order valence-corrected chi connectivity index (χ1v) is 17.0. The van der Waals surface area contributed by atoms with Crippen LogP contribution < -0.4 is 10.6 Å². The number of fused-ring (bicyclic) bond motifs is 1. The van der Waals surface area contributed by atoms with E-state index < -0.39 is 0 Å². The molecule has 1 unspecified atom stereocenters. The van der Waals surface area contributed by atoms with E-state index in [0.717, 1.165) is 62.4 Å². The van der Waals surface area contributed by atoms with Gasteiger partial charge in [0.1, 0.15) is 4.83 Å². The maximum Gasteiger partial charge on any atom is 0.101 e. The van der Waals surface area contributed by atoms with Crippen molar-refractivity contribution in [1.29, 1.82) is 0 Å². The van der Waals surface area contributed by atoms with Gasteiger partial charge in [-0.25, -0.2) is 0 Å². The van der Waals surface area contributed by atoms with Crippen molar-refractivity contribution in [1.82, 2.24) is 25.4 Å². The van der Waals surface area contributed by atoms with Gasteiger partial charge in [-0.05, 0) is 74.4 Å². The highest BCUT2D eigenvalue weighted by Gasteiger charge is 2.29. The third-order valence-corrected chi connectivity index (χ3v) is 11.1. The summed E-state index contributed by atoms with van der Waals surface area (Å²) in [5.41, 5.74) is 11.3. The summed E-state index contributed by atoms with van der Waals surface area (Å²) in [5, 5.41) is 7.87. The summed E-state index contributed by atoms with van der Waals surface area (Å²) in [6.07, 6.45) is 8.22. The second kappa shape index (κ2) is 12.2. The molecule has 3 aromatic rings. The molecule has 44 heavy (non-hydrogen) atoms. The first kappa shape index (κ1) is 30.7. The summed E-state index contributed by atoms with van der Waals surface area (Å²) in [6, 6.07) is 9.38. The molecule has 0 bridgehead atoms. The molecule has 1 aliphatic carbocycles. The summed E-state index contributed by atoms with van der Waals surface area (Å²) in [4.78, 5) is 11.7. The van der Waals surface area contributed by atoms with E-state index in [9.17, 15) is 0 Å². The van der Waals surface area contributed by atoms with Gasteiger partial charge in [0.05, 0.1) is 11.5 Å². The van der Waals surface area contributed by atoms with E-state index in [0.29, 0.717) is 0 Å². The molecule has 2 aromatic heterocycles. The first-order chi connectivity index (χ1) is 20.9. The second-order valence-corrected chi connectivity index (χ2v) is 15.0. The summed E-state index contributed by atoms with van der Waals surface area (Å²) in [5.74, 6) is 1.59. The average Bonchev–Trinajstić information content (AvgIpc) is 3.64. The van der Waals surface area contributed by atoms with Crippen LogP contribution in [-0.2, 0) is 12.0 Å². The highest BCUT2D eigenvalue weighted by molar-refractivity contribution is 7.18. The van der Waals surface area contributed by atoms with Crippen molar-refractivity contribution < 1.29 is 0 Å². The number of aromatic nitrogens is 1. The van der Waals surface area contributed by atoms with Gasteiger partial charge in [0.2, 0.25) is 0 Å². The van der Waals surface area contributed by atoms with Gasteiger partial charge in [-0.1, -0.05) is 69.4 Å². The van der Waals surface area contributed by atoms with Crippen molar-refractivity contribution >= 4 is 21.6 Å². The predicted molar refractivity (Wildman–Crippen MR) is 189 cm³/mol. The summed E-state index contributed by atoms with van der Waals surface area (Å²) < 4.78 is 0. The molecule has 0 amide bonds. The average molecular weight is 608 g/mol. The Balaban J connectivity index is 1.26. The highest BCUT2D eigenvalue weighted by Crippen LogP contribution is 2.44. The van der Waals surface area contributed by atoms with Crippen LogP contribution in [0.2, 0.25) is 0 Å². The van der Waals surface area contributed by atoms with Gasteiger partial charge in [0.15, 0.2) is 0 Å². The second-order valence-electron chi connectivity index (χ2n) is 14.0. The molecule has 5 nitrogen and oxygen atoms in total. The number of thiophene rings is 1. The Hall–Kier alpha value is -3.32. The van der Waals surface area contributed by atoms with Crippen LogP contribution in [-0.4, -0.2) is 47.5 Å². The molecule has 1 aromatic carbocycles. The molecule has 6 rings (SSSR count). The monoisotopic (exact) mass is 607 g/mol. The molecule has 2 fully saturated rings. The van der Waals surface area contributed by atoms with Crippen LogP contribution in [0.1, 0.15) is 61.6 Å². The van der Waals surface area contributed by atoms with E-state index >= 15 is 0 Å². The van der Waals surface area contributed by atoms with Crippen molar-refractivity contribution in [3.05, 3.63) is 106 Å². The molecule has 0 radical (unpaired) electrons. The van der Waals surface area contributed by atoms with Crippen LogP contribution in [0.5, 0.6) is 0 Å². The first-order valence-electron chi connectivity index (χ1n) is 16.1. The van der Waals surface area contributed by atoms with Gasteiger partial charge in [0.25, 0.3) is 0 Å². The van der Waals surface area contributed by atoms with Crippen LogP contribution in [0.25, 0.3) is 21.5 Å².